The van der Waals surface area contributed by atoms with E-state index in [9.17, 15) is 19.0 Å². The van der Waals surface area contributed by atoms with Crippen molar-refractivity contribution in [3.8, 4) is 0 Å². The number of ether oxygens (including phenoxy) is 2. The van der Waals surface area contributed by atoms with Gasteiger partial charge in [0, 0.05) is 12.8 Å². The van der Waals surface area contributed by atoms with Crippen LogP contribution in [-0.2, 0) is 32.7 Å². The number of esters is 2. The van der Waals surface area contributed by atoms with Crippen LogP contribution in [0.2, 0.25) is 0 Å². The number of quaternary nitrogens is 1. The van der Waals surface area contributed by atoms with Crippen molar-refractivity contribution in [1.29, 1.82) is 0 Å². The average molecular weight is 1390 g/mol. The lowest BCUT2D eigenvalue weighted by molar-refractivity contribution is -0.870. The smallest absolute Gasteiger partial charge is 0.306 e. The highest BCUT2D eigenvalue weighted by Gasteiger charge is 2.22. The molecule has 0 aliphatic heterocycles. The number of carbonyl (C=O) groups excluding carboxylic acids is 2. The first kappa shape index (κ1) is 93.3. The van der Waals surface area contributed by atoms with Gasteiger partial charge in [-0.2, -0.15) is 0 Å². The minimum Gasteiger partial charge on any atom is -0.756 e. The first-order valence-corrected chi connectivity index (χ1v) is 39.5. The largest absolute Gasteiger partial charge is 0.756 e. The molecule has 0 fully saturated rings. The third-order valence-corrected chi connectivity index (χ3v) is 15.7. The van der Waals surface area contributed by atoms with Crippen molar-refractivity contribution in [2.45, 2.75) is 238 Å². The number of unbranched alkanes of at least 4 members (excludes halogenated alkanes) is 8. The Labute approximate surface area is 611 Å². The lowest BCUT2D eigenvalue weighted by Gasteiger charge is -2.28. The molecule has 554 valence electrons. The average Bonchev–Trinajstić information content (AvgIpc) is 1.07. The van der Waals surface area contributed by atoms with Crippen LogP contribution in [0.5, 0.6) is 0 Å². The summed E-state index contributed by atoms with van der Waals surface area (Å²) >= 11 is 0. The van der Waals surface area contributed by atoms with Crippen LogP contribution in [0.1, 0.15) is 232 Å². The maximum Gasteiger partial charge on any atom is 0.306 e. The molecule has 0 aromatic rings. The lowest BCUT2D eigenvalue weighted by atomic mass is 10.1. The molecule has 0 rings (SSSR count). The minimum absolute atomic E-state index is 0.0577. The first-order chi connectivity index (χ1) is 49.0. The second-order valence-corrected chi connectivity index (χ2v) is 26.6. The molecule has 0 spiro atoms. The van der Waals surface area contributed by atoms with E-state index in [1.165, 1.54) is 0 Å². The maximum atomic E-state index is 12.9. The van der Waals surface area contributed by atoms with Crippen molar-refractivity contribution in [3.05, 3.63) is 267 Å². The predicted octanol–water partition coefficient (Wildman–Crippen LogP) is 25.2. The second-order valence-electron chi connectivity index (χ2n) is 25.2. The first-order valence-electron chi connectivity index (χ1n) is 38.0. The van der Waals surface area contributed by atoms with E-state index >= 15 is 0 Å². The van der Waals surface area contributed by atoms with Gasteiger partial charge in [-0.3, -0.25) is 14.2 Å². The Balaban J connectivity index is 4.26. The highest BCUT2D eigenvalue weighted by Crippen LogP contribution is 2.38. The Morgan fingerprint density at radius 3 is 0.820 bits per heavy atom. The third-order valence-electron chi connectivity index (χ3n) is 14.7. The molecule has 0 bridgehead atoms. The number of carbonyl (C=O) groups is 2. The normalized spacial score (nSPS) is 14.6. The Morgan fingerprint density at radius 1 is 0.310 bits per heavy atom. The van der Waals surface area contributed by atoms with Gasteiger partial charge in [0.25, 0.3) is 7.82 Å². The van der Waals surface area contributed by atoms with Crippen molar-refractivity contribution < 1.29 is 42.1 Å². The summed E-state index contributed by atoms with van der Waals surface area (Å²) in [5, 5.41) is 0. The molecule has 0 saturated heterocycles. The third kappa shape index (κ3) is 80.3. The highest BCUT2D eigenvalue weighted by atomic mass is 31.2. The van der Waals surface area contributed by atoms with E-state index in [4.69, 9.17) is 18.5 Å². The summed E-state index contributed by atoms with van der Waals surface area (Å²) in [5.74, 6) is -0.925. The van der Waals surface area contributed by atoms with Crippen LogP contribution < -0.4 is 4.89 Å². The fourth-order valence-corrected chi connectivity index (χ4v) is 9.75. The Kier molecular flexibility index (Phi) is 71.3. The summed E-state index contributed by atoms with van der Waals surface area (Å²) in [6, 6.07) is 0. The number of phosphoric acid groups is 1. The van der Waals surface area contributed by atoms with Crippen LogP contribution >= 0.6 is 7.82 Å². The summed E-state index contributed by atoms with van der Waals surface area (Å²) in [7, 11) is 1.09. The molecule has 100 heavy (non-hydrogen) atoms. The number of nitrogens with zero attached hydrogens (tertiary/aromatic N) is 1. The van der Waals surface area contributed by atoms with E-state index in [1.807, 2.05) is 21.1 Å². The quantitative estimate of drug-likeness (QED) is 0.0195. The molecule has 0 saturated carbocycles. The number of phosphoric ester groups is 1. The predicted molar refractivity (Wildman–Crippen MR) is 433 cm³/mol. The fourth-order valence-electron chi connectivity index (χ4n) is 9.02. The molecule has 10 heteroatoms. The number of likely N-dealkylation sites (N-methyl/N-ethyl adjacent to an activating group) is 1. The van der Waals surface area contributed by atoms with Gasteiger partial charge in [-0.15, -0.1) is 0 Å². The summed E-state index contributed by atoms with van der Waals surface area (Å²) in [5.41, 5.74) is 0. The maximum absolute atomic E-state index is 12.9. The highest BCUT2D eigenvalue weighted by molar-refractivity contribution is 7.45. The Morgan fingerprint density at radius 2 is 0.540 bits per heavy atom. The van der Waals surface area contributed by atoms with Gasteiger partial charge < -0.3 is 27.9 Å². The molecule has 2 unspecified atom stereocenters. The van der Waals surface area contributed by atoms with Gasteiger partial charge in [0.05, 0.1) is 27.7 Å². The van der Waals surface area contributed by atoms with Gasteiger partial charge in [0.1, 0.15) is 19.8 Å². The molecule has 0 aliphatic rings. The molecule has 0 amide bonds. The Hall–Kier alpha value is -6.71. The van der Waals surface area contributed by atoms with Gasteiger partial charge in [0.2, 0.25) is 0 Å². The molecule has 0 aromatic heterocycles. The minimum atomic E-state index is -4.68. The molecule has 2 atom stereocenters. The zero-order valence-electron chi connectivity index (χ0n) is 63.0. The molecule has 9 nitrogen and oxygen atoms in total. The molecular formula is C90H136NO8P. The summed E-state index contributed by atoms with van der Waals surface area (Å²) < 4.78 is 34.2. The Bertz CT molecular complexity index is 2700. The van der Waals surface area contributed by atoms with Crippen molar-refractivity contribution in [1.82, 2.24) is 0 Å². The molecule has 0 aromatic carbocycles. The van der Waals surface area contributed by atoms with Crippen LogP contribution in [0.3, 0.4) is 0 Å². The van der Waals surface area contributed by atoms with Crippen molar-refractivity contribution >= 4 is 19.8 Å². The van der Waals surface area contributed by atoms with Crippen LogP contribution in [0.4, 0.5) is 0 Å². The second kappa shape index (κ2) is 76.5. The fraction of sp³-hybridized carbons (Fsp3) is 0.489. The van der Waals surface area contributed by atoms with Crippen LogP contribution in [0, 0.1) is 0 Å². The van der Waals surface area contributed by atoms with E-state index in [0.29, 0.717) is 23.9 Å². The molecule has 0 heterocycles. The van der Waals surface area contributed by atoms with E-state index in [-0.39, 0.29) is 26.1 Å². The van der Waals surface area contributed by atoms with Gasteiger partial charge in [0.15, 0.2) is 6.10 Å². The van der Waals surface area contributed by atoms with E-state index < -0.39 is 32.5 Å². The van der Waals surface area contributed by atoms with Gasteiger partial charge in [-0.1, -0.05) is 307 Å². The lowest BCUT2D eigenvalue weighted by Crippen LogP contribution is -2.37. The topological polar surface area (TPSA) is 111 Å². The van der Waals surface area contributed by atoms with Gasteiger partial charge in [-0.05, 0) is 180 Å². The molecule has 0 N–H and O–H groups in total. The summed E-state index contributed by atoms with van der Waals surface area (Å²) in [6.07, 6.45) is 128. The van der Waals surface area contributed by atoms with Crippen molar-refractivity contribution in [2.75, 3.05) is 47.5 Å². The van der Waals surface area contributed by atoms with Crippen LogP contribution in [0.15, 0.2) is 267 Å². The molecule has 0 aliphatic carbocycles. The number of hydrogen-bond acceptors (Lipinski definition) is 8. The molecular weight excluding hydrogens is 1250 g/mol. The van der Waals surface area contributed by atoms with Gasteiger partial charge >= 0.3 is 11.9 Å². The van der Waals surface area contributed by atoms with Crippen molar-refractivity contribution in [2.24, 2.45) is 0 Å². The number of hydrogen-bond donors (Lipinski definition) is 0. The number of allylic oxidation sites excluding steroid dienone is 44. The monoisotopic (exact) mass is 1390 g/mol. The summed E-state index contributed by atoms with van der Waals surface area (Å²) in [6.45, 7) is 3.90. The zero-order chi connectivity index (χ0) is 72.5. The SMILES string of the molecule is CC/C=C\C/C=C\C/C=C\C/C=C\C/C=C\C/C=C\C/C=C\C/C=C\C/C=C\C/C=C\C/C=C\C/C=C\CCCCC(=O)OC(COC(=O)CCCCCCCC/C=C\C/C=C\C/C=C\C/C=C\C/C=C\C/C=C\C/C=C\C/C=C\C/C=C\C/C=C\CC)COP(=O)([O-])OCC[N+](C)(C)C. The van der Waals surface area contributed by atoms with Crippen molar-refractivity contribution in [3.63, 3.8) is 0 Å². The van der Waals surface area contributed by atoms with E-state index in [1.54, 1.807) is 0 Å². The van der Waals surface area contributed by atoms with Gasteiger partial charge in [-0.25, -0.2) is 0 Å². The standard InChI is InChI=1S/C90H136NO8P/c1-6-8-10-12-14-16-18-20-22-24-26-28-30-32-34-36-38-40-42-44-45-47-49-51-53-55-57-59-61-63-65-67-69-71-73-75-77-79-81-83-90(93)99-88(87-98-100(94,95)97-85-84-91(3,4)5)86-96-89(92)82-80-78-76-74-72-70-68-66-64-62-60-58-56-54-52-50-48-46-43-41-39-37-35-33-31-29-27-25-23-21-19-17-15-13-11-9-7-2/h8-11,14-17,20-23,26-29,32-35,38-41,44-46,48-49,51-52,54-55,57-58,60-61,63-64,66-67,69,73,75,88H,6-7,12-13,18-19,24-25,30-31,36-37,42-43,47,50,53,56,59,62,65,68,70-72,74,76-87H2,1-5H3/b10-8-,11-9-,16-14-,17-15-,22-20-,23-21-,28-26-,29-27-,34-32-,35-33-,40-38-,41-39-,45-44-,48-46-,51-49-,54-52-,57-55-,60-58-,63-61-,66-64-,69-67-,75-73-. The zero-order valence-corrected chi connectivity index (χ0v) is 63.9. The summed E-state index contributed by atoms with van der Waals surface area (Å²) in [4.78, 5) is 38.1. The number of rotatable bonds is 66. The van der Waals surface area contributed by atoms with E-state index in [2.05, 4.69) is 281 Å². The van der Waals surface area contributed by atoms with Crippen LogP contribution in [0.25, 0.3) is 0 Å². The molecule has 0 radical (unpaired) electrons. The van der Waals surface area contributed by atoms with E-state index in [0.717, 1.165) is 193 Å². The van der Waals surface area contributed by atoms with Crippen LogP contribution in [-0.4, -0.2) is 70.0 Å².